The molecule has 0 aliphatic rings. The van der Waals surface area contributed by atoms with Crippen LogP contribution in [0.2, 0.25) is 18.1 Å². The molecule has 0 spiro atoms. The van der Waals surface area contributed by atoms with Gasteiger partial charge in [-0.2, -0.15) is 0 Å². The topological polar surface area (TPSA) is 29.5 Å². The number of aliphatic hydroxyl groups is 1. The zero-order valence-electron chi connectivity index (χ0n) is 18.8. The van der Waals surface area contributed by atoms with Gasteiger partial charge in [-0.25, -0.2) is 0 Å². The standard InChI is InChI=1S/C23H46O2Si/c1-8-10-11-12-13-14-15-16-17-18-22(20-19-21(24)9-2)25-26(6,7)23(3,4)5/h21-22,24H,8-18H2,1-7H3. The summed E-state index contributed by atoms with van der Waals surface area (Å²) in [4.78, 5) is 0. The number of hydrogen-bond donors (Lipinski definition) is 1. The second-order valence-corrected chi connectivity index (χ2v) is 14.0. The number of unbranched alkanes of at least 4 members (excludes halogenated alkanes) is 8. The largest absolute Gasteiger partial charge is 0.403 e. The van der Waals surface area contributed by atoms with Crippen LogP contribution in [-0.2, 0) is 4.43 Å². The molecule has 0 heterocycles. The molecule has 0 rings (SSSR count). The van der Waals surface area contributed by atoms with Gasteiger partial charge in [0.2, 0.25) is 0 Å². The van der Waals surface area contributed by atoms with Crippen molar-refractivity contribution in [3.63, 3.8) is 0 Å². The Kier molecular flexibility index (Phi) is 13.6. The Morgan fingerprint density at radius 1 is 0.846 bits per heavy atom. The Hall–Kier alpha value is -0.303. The lowest BCUT2D eigenvalue weighted by molar-refractivity contribution is 0.213. The SMILES string of the molecule is CCCCCCCCCCCC(C#CC(O)CC)O[Si](C)(C)C(C)(C)C. The quantitative estimate of drug-likeness (QED) is 0.210. The maximum absolute atomic E-state index is 9.78. The zero-order chi connectivity index (χ0) is 20.1. The minimum absolute atomic E-state index is 0.0263. The molecule has 3 heteroatoms. The van der Waals surface area contributed by atoms with Gasteiger partial charge in [0.15, 0.2) is 8.32 Å². The molecule has 2 atom stereocenters. The highest BCUT2D eigenvalue weighted by atomic mass is 28.4. The molecule has 154 valence electrons. The highest BCUT2D eigenvalue weighted by Gasteiger charge is 2.38. The zero-order valence-corrected chi connectivity index (χ0v) is 19.8. The summed E-state index contributed by atoms with van der Waals surface area (Å²) in [6.07, 6.45) is 13.1. The van der Waals surface area contributed by atoms with Crippen molar-refractivity contribution < 1.29 is 9.53 Å². The van der Waals surface area contributed by atoms with E-state index in [0.29, 0.717) is 6.42 Å². The predicted octanol–water partition coefficient (Wildman–Crippen LogP) is 7.07. The summed E-state index contributed by atoms with van der Waals surface area (Å²) >= 11 is 0. The van der Waals surface area contributed by atoms with Crippen LogP contribution in [0, 0.1) is 11.8 Å². The van der Waals surface area contributed by atoms with Gasteiger partial charge in [-0.3, -0.25) is 0 Å². The summed E-state index contributed by atoms with van der Waals surface area (Å²) in [5, 5.41) is 9.97. The van der Waals surface area contributed by atoms with Crippen molar-refractivity contribution in [1.82, 2.24) is 0 Å². The summed E-state index contributed by atoms with van der Waals surface area (Å²) in [6.45, 7) is 15.6. The molecule has 0 saturated carbocycles. The van der Waals surface area contributed by atoms with Crippen LogP contribution in [0.3, 0.4) is 0 Å². The highest BCUT2D eigenvalue weighted by molar-refractivity contribution is 6.74. The Morgan fingerprint density at radius 3 is 1.81 bits per heavy atom. The van der Waals surface area contributed by atoms with Crippen LogP contribution < -0.4 is 0 Å². The molecule has 26 heavy (non-hydrogen) atoms. The van der Waals surface area contributed by atoms with E-state index in [1.165, 1.54) is 57.8 Å². The minimum Gasteiger partial charge on any atom is -0.403 e. The summed E-state index contributed by atoms with van der Waals surface area (Å²) in [5.74, 6) is 6.23. The smallest absolute Gasteiger partial charge is 0.193 e. The highest BCUT2D eigenvalue weighted by Crippen LogP contribution is 2.37. The maximum Gasteiger partial charge on any atom is 0.193 e. The van der Waals surface area contributed by atoms with E-state index in [-0.39, 0.29) is 11.1 Å². The molecule has 2 nitrogen and oxygen atoms in total. The van der Waals surface area contributed by atoms with E-state index in [0.717, 1.165) is 6.42 Å². The van der Waals surface area contributed by atoms with Crippen molar-refractivity contribution in [2.45, 2.75) is 136 Å². The van der Waals surface area contributed by atoms with Gasteiger partial charge in [-0.05, 0) is 37.4 Å². The normalized spacial score (nSPS) is 14.6. The Bertz CT molecular complexity index is 401. The maximum atomic E-state index is 9.78. The molecule has 0 aliphatic heterocycles. The fraction of sp³-hybridized carbons (Fsp3) is 0.913. The second kappa shape index (κ2) is 13.8. The van der Waals surface area contributed by atoms with Gasteiger partial charge >= 0.3 is 0 Å². The van der Waals surface area contributed by atoms with E-state index in [9.17, 15) is 5.11 Å². The van der Waals surface area contributed by atoms with Crippen molar-refractivity contribution in [3.05, 3.63) is 0 Å². The Balaban J connectivity index is 4.35. The molecule has 0 bridgehead atoms. The van der Waals surface area contributed by atoms with E-state index in [1.807, 2.05) is 6.92 Å². The third kappa shape index (κ3) is 12.2. The van der Waals surface area contributed by atoms with Gasteiger partial charge in [0.1, 0.15) is 12.2 Å². The molecular weight excluding hydrogens is 336 g/mol. The number of hydrogen-bond acceptors (Lipinski definition) is 2. The predicted molar refractivity (Wildman–Crippen MR) is 118 cm³/mol. The van der Waals surface area contributed by atoms with Gasteiger partial charge in [-0.15, -0.1) is 0 Å². The van der Waals surface area contributed by atoms with Gasteiger partial charge in [0, 0.05) is 0 Å². The van der Waals surface area contributed by atoms with E-state index in [2.05, 4.69) is 52.6 Å². The second-order valence-electron chi connectivity index (χ2n) is 9.20. The van der Waals surface area contributed by atoms with E-state index >= 15 is 0 Å². The Labute approximate surface area is 165 Å². The average Bonchev–Trinajstić information content (AvgIpc) is 2.56. The lowest BCUT2D eigenvalue weighted by Crippen LogP contribution is -2.43. The van der Waals surface area contributed by atoms with Gasteiger partial charge in [0.05, 0.1) is 0 Å². The van der Waals surface area contributed by atoms with E-state index < -0.39 is 14.4 Å². The number of rotatable bonds is 13. The monoisotopic (exact) mass is 382 g/mol. The van der Waals surface area contributed by atoms with Crippen LogP contribution in [0.5, 0.6) is 0 Å². The Morgan fingerprint density at radius 2 is 1.35 bits per heavy atom. The molecule has 0 aliphatic carbocycles. The fourth-order valence-corrected chi connectivity index (χ4v) is 3.87. The first-order valence-corrected chi connectivity index (χ1v) is 13.9. The van der Waals surface area contributed by atoms with Crippen LogP contribution in [0.1, 0.15) is 105 Å². The molecule has 0 aromatic rings. The van der Waals surface area contributed by atoms with Crippen molar-refractivity contribution >= 4 is 8.32 Å². The first kappa shape index (κ1) is 25.7. The minimum atomic E-state index is -1.83. The summed E-state index contributed by atoms with van der Waals surface area (Å²) in [5.41, 5.74) is 0. The van der Waals surface area contributed by atoms with Crippen LogP contribution in [0.25, 0.3) is 0 Å². The third-order valence-electron chi connectivity index (χ3n) is 5.61. The molecule has 0 saturated heterocycles. The third-order valence-corrected chi connectivity index (χ3v) is 10.1. The van der Waals surface area contributed by atoms with Crippen molar-refractivity contribution in [2.24, 2.45) is 0 Å². The summed E-state index contributed by atoms with van der Waals surface area (Å²) in [7, 11) is -1.83. The van der Waals surface area contributed by atoms with Crippen molar-refractivity contribution in [3.8, 4) is 11.8 Å². The van der Waals surface area contributed by atoms with Crippen LogP contribution in [0.15, 0.2) is 0 Å². The molecule has 0 radical (unpaired) electrons. The van der Waals surface area contributed by atoms with Gasteiger partial charge in [0.25, 0.3) is 0 Å². The van der Waals surface area contributed by atoms with Crippen LogP contribution >= 0.6 is 0 Å². The molecule has 0 aromatic heterocycles. The van der Waals surface area contributed by atoms with Crippen LogP contribution in [-0.4, -0.2) is 25.6 Å². The first-order chi connectivity index (χ1) is 12.1. The first-order valence-electron chi connectivity index (χ1n) is 11.0. The molecule has 0 fully saturated rings. The number of aliphatic hydroxyl groups excluding tert-OH is 1. The van der Waals surface area contributed by atoms with E-state index in [1.54, 1.807) is 0 Å². The summed E-state index contributed by atoms with van der Waals surface area (Å²) in [6, 6.07) is 0. The molecule has 2 unspecified atom stereocenters. The lowest BCUT2D eigenvalue weighted by Gasteiger charge is -2.38. The van der Waals surface area contributed by atoms with Gasteiger partial charge < -0.3 is 9.53 Å². The fourth-order valence-electron chi connectivity index (χ4n) is 2.62. The molecule has 0 amide bonds. The average molecular weight is 383 g/mol. The van der Waals surface area contributed by atoms with Crippen molar-refractivity contribution in [2.75, 3.05) is 0 Å². The lowest BCUT2D eigenvalue weighted by atomic mass is 10.1. The van der Waals surface area contributed by atoms with Crippen molar-refractivity contribution in [1.29, 1.82) is 0 Å². The molecular formula is C23H46O2Si. The summed E-state index contributed by atoms with van der Waals surface area (Å²) < 4.78 is 6.52. The molecule has 0 aromatic carbocycles. The molecule has 1 N–H and O–H groups in total. The van der Waals surface area contributed by atoms with E-state index in [4.69, 9.17) is 4.43 Å². The van der Waals surface area contributed by atoms with Crippen LogP contribution in [0.4, 0.5) is 0 Å². The van der Waals surface area contributed by atoms with Gasteiger partial charge in [-0.1, -0.05) is 97.8 Å².